The Morgan fingerprint density at radius 1 is 1.25 bits per heavy atom. The number of benzene rings is 1. The van der Waals surface area contributed by atoms with Gasteiger partial charge >= 0.3 is 0 Å². The summed E-state index contributed by atoms with van der Waals surface area (Å²) in [6.07, 6.45) is 3.90. The van der Waals surface area contributed by atoms with Crippen LogP contribution >= 0.6 is 0 Å². The van der Waals surface area contributed by atoms with Gasteiger partial charge in [0.2, 0.25) is 6.41 Å². The van der Waals surface area contributed by atoms with Crippen LogP contribution in [0.2, 0.25) is 0 Å². The number of nitrogens with two attached hydrogens (primary N) is 1. The van der Waals surface area contributed by atoms with E-state index < -0.39 is 0 Å². The van der Waals surface area contributed by atoms with Gasteiger partial charge in [-0.3, -0.25) is 15.2 Å². The predicted molar refractivity (Wildman–Crippen MR) is 93.9 cm³/mol. The first-order valence-electron chi connectivity index (χ1n) is 7.53. The predicted octanol–water partition coefficient (Wildman–Crippen LogP) is 2.02. The van der Waals surface area contributed by atoms with Crippen molar-refractivity contribution in [1.29, 1.82) is 0 Å². The largest absolute Gasteiger partial charge is 0.493 e. The van der Waals surface area contributed by atoms with E-state index in [1.54, 1.807) is 17.8 Å². The molecule has 0 bridgehead atoms. The number of nitrogens with one attached hydrogen (secondary N) is 2. The van der Waals surface area contributed by atoms with Crippen molar-refractivity contribution < 1.29 is 14.3 Å². The number of hydrazine groups is 1. The van der Waals surface area contributed by atoms with Gasteiger partial charge in [-0.05, 0) is 37.6 Å². The summed E-state index contributed by atoms with van der Waals surface area (Å²) < 4.78 is 11.5. The average Bonchev–Trinajstić information content (AvgIpc) is 2.62. The number of rotatable bonds is 7. The zero-order chi connectivity index (χ0) is 17.8. The Kier molecular flexibility index (Phi) is 8.70. The molecule has 4 N–H and O–H groups in total. The number of aromatic nitrogens is 1. The van der Waals surface area contributed by atoms with Gasteiger partial charge in [0.1, 0.15) is 18.1 Å². The molecule has 2 aromatic rings. The average molecular weight is 332 g/mol. The smallest absolute Gasteiger partial charge is 0.221 e. The maximum atomic E-state index is 8.94. The molecule has 0 aliphatic heterocycles. The Bertz CT molecular complexity index is 635. The first kappa shape index (κ1) is 19.2. The summed E-state index contributed by atoms with van der Waals surface area (Å²) in [5.74, 6) is 6.05. The Balaban J connectivity index is 0.000000648. The van der Waals surface area contributed by atoms with Crippen LogP contribution in [0, 0.1) is 6.92 Å². The fraction of sp³-hybridized carbons (Fsp3) is 0.294. The van der Waals surface area contributed by atoms with Crippen molar-refractivity contribution >= 4 is 12.1 Å². The normalized spacial score (nSPS) is 9.33. The van der Waals surface area contributed by atoms with E-state index in [9.17, 15) is 0 Å². The Labute approximate surface area is 142 Å². The summed E-state index contributed by atoms with van der Waals surface area (Å²) in [5.41, 5.74) is 4.84. The highest BCUT2D eigenvalue weighted by molar-refractivity contribution is 5.57. The number of hydrogen-bond donors (Lipinski definition) is 3. The number of aryl methyl sites for hydroxylation is 1. The minimum absolute atomic E-state index is 0.403. The second-order valence-corrected chi connectivity index (χ2v) is 4.68. The van der Waals surface area contributed by atoms with E-state index in [1.165, 1.54) is 0 Å². The van der Waals surface area contributed by atoms with Crippen LogP contribution in [0.5, 0.6) is 11.5 Å². The van der Waals surface area contributed by atoms with Crippen LogP contribution < -0.4 is 26.1 Å². The molecule has 1 aromatic heterocycles. The third-order valence-electron chi connectivity index (χ3n) is 3.13. The summed E-state index contributed by atoms with van der Waals surface area (Å²) in [6, 6.07) is 7.87. The zero-order valence-corrected chi connectivity index (χ0v) is 14.2. The van der Waals surface area contributed by atoms with E-state index in [1.807, 2.05) is 45.2 Å². The number of ether oxygens (including phenoxy) is 2. The van der Waals surface area contributed by atoms with Gasteiger partial charge in [-0.1, -0.05) is 6.07 Å². The number of carbonyl (C=O) groups is 1. The fourth-order valence-corrected chi connectivity index (χ4v) is 1.99. The number of hydrogen-bond acceptors (Lipinski definition) is 6. The molecule has 7 heteroatoms. The van der Waals surface area contributed by atoms with Gasteiger partial charge in [0.05, 0.1) is 18.4 Å². The van der Waals surface area contributed by atoms with E-state index in [4.69, 9.17) is 14.3 Å². The quantitative estimate of drug-likeness (QED) is 0.310. The summed E-state index contributed by atoms with van der Waals surface area (Å²) in [7, 11) is 1.89. The van der Waals surface area contributed by atoms with E-state index in [-0.39, 0.29) is 0 Å². The van der Waals surface area contributed by atoms with Crippen molar-refractivity contribution in [2.75, 3.05) is 19.0 Å². The van der Waals surface area contributed by atoms with E-state index in [0.717, 1.165) is 28.3 Å². The molecule has 24 heavy (non-hydrogen) atoms. The van der Waals surface area contributed by atoms with Crippen molar-refractivity contribution in [3.63, 3.8) is 0 Å². The lowest BCUT2D eigenvalue weighted by Gasteiger charge is -2.16. The van der Waals surface area contributed by atoms with Crippen LogP contribution in [0.3, 0.4) is 0 Å². The van der Waals surface area contributed by atoms with Crippen molar-refractivity contribution in [1.82, 2.24) is 10.4 Å². The van der Waals surface area contributed by atoms with Gasteiger partial charge in [-0.2, -0.15) is 0 Å². The van der Waals surface area contributed by atoms with Gasteiger partial charge in [-0.15, -0.1) is 0 Å². The summed E-state index contributed by atoms with van der Waals surface area (Å²) in [6.45, 7) is 5.05. The SMILES string of the molecule is CCOc1cccc(NC)c1COc1cnccc1C.NNC=O. The number of anilines is 1. The lowest BCUT2D eigenvalue weighted by atomic mass is 10.1. The topological polar surface area (TPSA) is 98.5 Å². The highest BCUT2D eigenvalue weighted by Crippen LogP contribution is 2.28. The molecule has 130 valence electrons. The molecule has 0 aliphatic carbocycles. The molecule has 0 spiro atoms. The minimum atomic E-state index is 0.403. The molecule has 0 saturated heterocycles. The molecule has 2 rings (SSSR count). The maximum absolute atomic E-state index is 8.94. The maximum Gasteiger partial charge on any atom is 0.221 e. The standard InChI is InChI=1S/C16H20N2O2.CH4N2O/c1-4-19-15-7-5-6-14(17-3)13(15)11-20-16-10-18-9-8-12(16)2;2-3-1-4/h5-10,17H,4,11H2,1-3H3;1H,2H2,(H,3,4). The molecule has 7 nitrogen and oxygen atoms in total. The molecule has 1 heterocycles. The second kappa shape index (κ2) is 10.8. The van der Waals surface area contributed by atoms with Crippen LogP contribution in [-0.4, -0.2) is 25.0 Å². The highest BCUT2D eigenvalue weighted by atomic mass is 16.5. The summed E-state index contributed by atoms with van der Waals surface area (Å²) >= 11 is 0. The monoisotopic (exact) mass is 332 g/mol. The first-order chi connectivity index (χ1) is 11.7. The fourth-order valence-electron chi connectivity index (χ4n) is 1.99. The molecule has 0 unspecified atom stereocenters. The Morgan fingerprint density at radius 2 is 2.00 bits per heavy atom. The molecule has 0 aliphatic rings. The lowest BCUT2D eigenvalue weighted by molar-refractivity contribution is -0.109. The van der Waals surface area contributed by atoms with E-state index >= 15 is 0 Å². The highest BCUT2D eigenvalue weighted by Gasteiger charge is 2.10. The van der Waals surface area contributed by atoms with Gasteiger partial charge in [0, 0.05) is 18.9 Å². The lowest BCUT2D eigenvalue weighted by Crippen LogP contribution is -2.18. The number of pyridine rings is 1. The van der Waals surface area contributed by atoms with Gasteiger partial charge in [0.15, 0.2) is 0 Å². The summed E-state index contributed by atoms with van der Waals surface area (Å²) in [4.78, 5) is 13.0. The van der Waals surface area contributed by atoms with Crippen LogP contribution in [0.15, 0.2) is 36.7 Å². The van der Waals surface area contributed by atoms with E-state index in [2.05, 4.69) is 16.1 Å². The van der Waals surface area contributed by atoms with Gasteiger partial charge in [-0.25, -0.2) is 5.84 Å². The van der Waals surface area contributed by atoms with Crippen LogP contribution in [-0.2, 0) is 11.4 Å². The van der Waals surface area contributed by atoms with Crippen LogP contribution in [0.4, 0.5) is 5.69 Å². The molecule has 1 amide bonds. The van der Waals surface area contributed by atoms with Crippen molar-refractivity contribution in [3.8, 4) is 11.5 Å². The zero-order valence-electron chi connectivity index (χ0n) is 14.2. The van der Waals surface area contributed by atoms with Crippen molar-refractivity contribution in [3.05, 3.63) is 47.8 Å². The molecule has 0 radical (unpaired) electrons. The minimum Gasteiger partial charge on any atom is -0.493 e. The van der Waals surface area contributed by atoms with Gasteiger partial charge in [0.25, 0.3) is 0 Å². The van der Waals surface area contributed by atoms with Gasteiger partial charge < -0.3 is 14.8 Å². The van der Waals surface area contributed by atoms with Crippen molar-refractivity contribution in [2.45, 2.75) is 20.5 Å². The molecule has 1 aromatic carbocycles. The molecule has 0 fully saturated rings. The second-order valence-electron chi connectivity index (χ2n) is 4.68. The third kappa shape index (κ3) is 5.77. The number of nitrogens with zero attached hydrogens (tertiary/aromatic N) is 1. The molecular weight excluding hydrogens is 308 g/mol. The Morgan fingerprint density at radius 3 is 2.58 bits per heavy atom. The summed E-state index contributed by atoms with van der Waals surface area (Å²) in [5, 5.41) is 3.17. The molecular formula is C17H24N4O3. The number of amides is 1. The van der Waals surface area contributed by atoms with E-state index in [0.29, 0.717) is 19.6 Å². The van der Waals surface area contributed by atoms with Crippen LogP contribution in [0.1, 0.15) is 18.1 Å². The van der Waals surface area contributed by atoms with Crippen LogP contribution in [0.25, 0.3) is 0 Å². The molecule has 0 atom stereocenters. The first-order valence-corrected chi connectivity index (χ1v) is 7.53. The number of carbonyl (C=O) groups excluding carboxylic acids is 1. The third-order valence-corrected chi connectivity index (χ3v) is 3.13. The Hall–Kier alpha value is -2.80. The molecule has 0 saturated carbocycles. The van der Waals surface area contributed by atoms with Crippen molar-refractivity contribution in [2.24, 2.45) is 5.84 Å².